The molecule has 0 bridgehead atoms. The molecule has 6 heteroatoms. The molecular weight excluding hydrogens is 308 g/mol. The summed E-state index contributed by atoms with van der Waals surface area (Å²) in [5, 5.41) is 13.8. The first-order chi connectivity index (χ1) is 11.3. The Balaban J connectivity index is 1.55. The van der Waals surface area contributed by atoms with Crippen molar-refractivity contribution in [3.05, 3.63) is 47.8 Å². The van der Waals surface area contributed by atoms with Crippen LogP contribution in [-0.4, -0.2) is 45.8 Å². The summed E-state index contributed by atoms with van der Waals surface area (Å²) in [6, 6.07) is 10.1. The predicted molar refractivity (Wildman–Crippen MR) is 94.1 cm³/mol. The Morgan fingerprint density at radius 1 is 1.17 bits per heavy atom. The van der Waals surface area contributed by atoms with E-state index in [1.54, 1.807) is 6.33 Å². The Kier molecular flexibility index (Phi) is 4.10. The lowest BCUT2D eigenvalue weighted by atomic mass is 10.1. The molecule has 0 amide bonds. The first-order valence-electron chi connectivity index (χ1n) is 7.98. The first kappa shape index (κ1) is 14.8. The summed E-state index contributed by atoms with van der Waals surface area (Å²) in [6.45, 7) is 2.05. The number of aliphatic hydroxyl groups is 1. The standard InChI is InChI=1S/C17H20N4OS/c22-14-9-12-3-1-2-4-13(12)17(14)20-15-10-16(19-11-18-15)21-5-7-23-8-6-21/h1-4,10-11,14,17,22H,5-9H2,(H,18,19,20)/t14-,17+/m1/s1. The number of thioether (sulfide) groups is 1. The highest BCUT2D eigenvalue weighted by molar-refractivity contribution is 7.99. The molecule has 5 nitrogen and oxygen atoms in total. The summed E-state index contributed by atoms with van der Waals surface area (Å²) in [7, 11) is 0. The molecule has 1 aromatic carbocycles. The van der Waals surface area contributed by atoms with E-state index in [1.807, 2.05) is 30.0 Å². The Morgan fingerprint density at radius 3 is 2.87 bits per heavy atom. The molecule has 4 rings (SSSR count). The van der Waals surface area contributed by atoms with Gasteiger partial charge in [-0.1, -0.05) is 24.3 Å². The third kappa shape index (κ3) is 3.01. The molecule has 1 aliphatic carbocycles. The molecule has 0 saturated carbocycles. The molecule has 2 atom stereocenters. The van der Waals surface area contributed by atoms with Crippen LogP contribution in [-0.2, 0) is 6.42 Å². The molecule has 120 valence electrons. The zero-order valence-corrected chi connectivity index (χ0v) is 13.7. The van der Waals surface area contributed by atoms with E-state index < -0.39 is 6.10 Å². The number of aromatic nitrogens is 2. The van der Waals surface area contributed by atoms with E-state index in [-0.39, 0.29) is 6.04 Å². The second-order valence-corrected chi connectivity index (χ2v) is 7.18. The molecule has 2 aromatic rings. The summed E-state index contributed by atoms with van der Waals surface area (Å²) in [5.41, 5.74) is 2.37. The van der Waals surface area contributed by atoms with Gasteiger partial charge in [-0.25, -0.2) is 9.97 Å². The van der Waals surface area contributed by atoms with Crippen LogP contribution >= 0.6 is 11.8 Å². The van der Waals surface area contributed by atoms with Crippen LogP contribution in [0, 0.1) is 0 Å². The molecule has 0 unspecified atom stereocenters. The molecule has 0 spiro atoms. The van der Waals surface area contributed by atoms with Gasteiger partial charge in [0.1, 0.15) is 18.0 Å². The first-order valence-corrected chi connectivity index (χ1v) is 9.14. The topological polar surface area (TPSA) is 61.3 Å². The Morgan fingerprint density at radius 2 is 2.00 bits per heavy atom. The number of nitrogens with zero attached hydrogens (tertiary/aromatic N) is 3. The smallest absolute Gasteiger partial charge is 0.134 e. The molecule has 1 aliphatic heterocycles. The number of anilines is 2. The van der Waals surface area contributed by atoms with Gasteiger partial charge in [-0.15, -0.1) is 0 Å². The van der Waals surface area contributed by atoms with Crippen LogP contribution in [0.15, 0.2) is 36.7 Å². The molecule has 2 aliphatic rings. The second kappa shape index (κ2) is 6.37. The van der Waals surface area contributed by atoms with Gasteiger partial charge >= 0.3 is 0 Å². The van der Waals surface area contributed by atoms with Gasteiger partial charge in [0.15, 0.2) is 0 Å². The van der Waals surface area contributed by atoms with Gasteiger partial charge in [0.2, 0.25) is 0 Å². The fourth-order valence-electron chi connectivity index (χ4n) is 3.30. The van der Waals surface area contributed by atoms with Crippen molar-refractivity contribution in [3.63, 3.8) is 0 Å². The number of fused-ring (bicyclic) bond motifs is 1. The minimum Gasteiger partial charge on any atom is -0.390 e. The molecule has 2 N–H and O–H groups in total. The average Bonchev–Trinajstić information content (AvgIpc) is 2.92. The Bertz CT molecular complexity index is 690. The molecular formula is C17H20N4OS. The van der Waals surface area contributed by atoms with Gasteiger partial charge in [0.05, 0.1) is 12.1 Å². The number of nitrogens with one attached hydrogen (secondary N) is 1. The van der Waals surface area contributed by atoms with Crippen molar-refractivity contribution >= 4 is 23.4 Å². The Hall–Kier alpha value is -1.79. The summed E-state index contributed by atoms with van der Waals surface area (Å²) >= 11 is 1.98. The van der Waals surface area contributed by atoms with Crippen LogP contribution < -0.4 is 10.2 Å². The van der Waals surface area contributed by atoms with Crippen molar-refractivity contribution in [1.82, 2.24) is 9.97 Å². The van der Waals surface area contributed by atoms with Crippen molar-refractivity contribution in [3.8, 4) is 0 Å². The van der Waals surface area contributed by atoms with E-state index in [0.717, 1.165) is 41.8 Å². The lowest BCUT2D eigenvalue weighted by Gasteiger charge is -2.27. The molecule has 0 radical (unpaired) electrons. The van der Waals surface area contributed by atoms with E-state index in [4.69, 9.17) is 0 Å². The van der Waals surface area contributed by atoms with Gasteiger partial charge in [-0.3, -0.25) is 0 Å². The van der Waals surface area contributed by atoms with Gasteiger partial charge in [-0.2, -0.15) is 11.8 Å². The lowest BCUT2D eigenvalue weighted by Crippen LogP contribution is -2.33. The lowest BCUT2D eigenvalue weighted by molar-refractivity contribution is 0.165. The third-order valence-electron chi connectivity index (χ3n) is 4.50. The van der Waals surface area contributed by atoms with Crippen LogP contribution in [0.2, 0.25) is 0 Å². The van der Waals surface area contributed by atoms with Gasteiger partial charge < -0.3 is 15.3 Å². The number of benzene rings is 1. The van der Waals surface area contributed by atoms with E-state index in [0.29, 0.717) is 6.42 Å². The van der Waals surface area contributed by atoms with Crippen LogP contribution in [0.1, 0.15) is 17.2 Å². The maximum Gasteiger partial charge on any atom is 0.134 e. The van der Waals surface area contributed by atoms with Crippen LogP contribution in [0.4, 0.5) is 11.6 Å². The van der Waals surface area contributed by atoms with Crippen molar-refractivity contribution < 1.29 is 5.11 Å². The van der Waals surface area contributed by atoms with E-state index in [2.05, 4.69) is 32.3 Å². The largest absolute Gasteiger partial charge is 0.390 e. The van der Waals surface area contributed by atoms with E-state index in [1.165, 1.54) is 5.56 Å². The molecule has 1 fully saturated rings. The van der Waals surface area contributed by atoms with Crippen molar-refractivity contribution in [2.75, 3.05) is 34.8 Å². The number of hydrogen-bond donors (Lipinski definition) is 2. The quantitative estimate of drug-likeness (QED) is 0.900. The van der Waals surface area contributed by atoms with Gasteiger partial charge in [-0.05, 0) is 11.1 Å². The van der Waals surface area contributed by atoms with E-state index >= 15 is 0 Å². The third-order valence-corrected chi connectivity index (χ3v) is 5.44. The maximum absolute atomic E-state index is 10.4. The fraction of sp³-hybridized carbons (Fsp3) is 0.412. The second-order valence-electron chi connectivity index (χ2n) is 5.95. The normalized spacial score (nSPS) is 23.6. The minimum atomic E-state index is -0.419. The van der Waals surface area contributed by atoms with Crippen LogP contribution in [0.25, 0.3) is 0 Å². The Labute approximate surface area is 140 Å². The highest BCUT2D eigenvalue weighted by atomic mass is 32.2. The summed E-state index contributed by atoms with van der Waals surface area (Å²) < 4.78 is 0. The monoisotopic (exact) mass is 328 g/mol. The minimum absolute atomic E-state index is 0.106. The highest BCUT2D eigenvalue weighted by Crippen LogP contribution is 2.34. The summed E-state index contributed by atoms with van der Waals surface area (Å²) in [6.07, 6.45) is 1.87. The van der Waals surface area contributed by atoms with Crippen molar-refractivity contribution in [1.29, 1.82) is 0 Å². The average molecular weight is 328 g/mol. The molecule has 1 aromatic heterocycles. The number of rotatable bonds is 3. The number of aliphatic hydroxyl groups excluding tert-OH is 1. The van der Waals surface area contributed by atoms with E-state index in [9.17, 15) is 5.11 Å². The highest BCUT2D eigenvalue weighted by Gasteiger charge is 2.31. The van der Waals surface area contributed by atoms with Crippen LogP contribution in [0.5, 0.6) is 0 Å². The SMILES string of the molecule is O[C@@H]1Cc2ccccc2[C@@H]1Nc1cc(N2CCSCC2)ncn1. The zero-order valence-electron chi connectivity index (χ0n) is 12.9. The molecule has 1 saturated heterocycles. The molecule has 23 heavy (non-hydrogen) atoms. The van der Waals surface area contributed by atoms with Crippen LogP contribution in [0.3, 0.4) is 0 Å². The maximum atomic E-state index is 10.4. The fourth-order valence-corrected chi connectivity index (χ4v) is 4.20. The zero-order chi connectivity index (χ0) is 15.6. The van der Waals surface area contributed by atoms with Gasteiger partial charge in [0, 0.05) is 37.1 Å². The van der Waals surface area contributed by atoms with Crippen molar-refractivity contribution in [2.45, 2.75) is 18.6 Å². The number of hydrogen-bond acceptors (Lipinski definition) is 6. The summed E-state index contributed by atoms with van der Waals surface area (Å²) in [5.74, 6) is 4.01. The van der Waals surface area contributed by atoms with Gasteiger partial charge in [0.25, 0.3) is 0 Å². The predicted octanol–water partition coefficient (Wildman–Crippen LogP) is 2.10. The van der Waals surface area contributed by atoms with Crippen molar-refractivity contribution in [2.24, 2.45) is 0 Å². The summed E-state index contributed by atoms with van der Waals surface area (Å²) in [4.78, 5) is 11.0. The molecule has 2 heterocycles.